The molecule has 0 radical (unpaired) electrons. The van der Waals surface area contributed by atoms with Gasteiger partial charge in [-0.25, -0.2) is 0 Å². The van der Waals surface area contributed by atoms with Crippen molar-refractivity contribution in [1.29, 1.82) is 0 Å². The Bertz CT molecular complexity index is 321. The van der Waals surface area contributed by atoms with Crippen LogP contribution < -0.4 is 0 Å². The zero-order chi connectivity index (χ0) is 12.4. The van der Waals surface area contributed by atoms with E-state index in [4.69, 9.17) is 4.74 Å². The summed E-state index contributed by atoms with van der Waals surface area (Å²) in [5.74, 6) is 3.49. The third-order valence-electron chi connectivity index (χ3n) is 6.23. The highest BCUT2D eigenvalue weighted by Crippen LogP contribution is 2.60. The van der Waals surface area contributed by atoms with E-state index in [-0.39, 0.29) is 5.60 Å². The van der Waals surface area contributed by atoms with Gasteiger partial charge in [-0.15, -0.1) is 0 Å². The van der Waals surface area contributed by atoms with Crippen molar-refractivity contribution in [2.75, 3.05) is 0 Å². The van der Waals surface area contributed by atoms with Crippen LogP contribution in [0.2, 0.25) is 0 Å². The Morgan fingerprint density at radius 2 is 1.76 bits per heavy atom. The first kappa shape index (κ1) is 12.0. The first-order valence-corrected chi connectivity index (χ1v) is 7.50. The molecule has 1 heteroatoms. The topological polar surface area (TPSA) is 9.23 Å². The summed E-state index contributed by atoms with van der Waals surface area (Å²) in [4.78, 5) is 0. The standard InChI is InChI=1S/C16H28O/c1-10-8-16(5)9-13-14(11(2)17-16)12(10)6-7-15(13,3)4/h10-14H,6-9H2,1-5H3. The van der Waals surface area contributed by atoms with Gasteiger partial charge in [0.05, 0.1) is 11.7 Å². The Morgan fingerprint density at radius 1 is 1.06 bits per heavy atom. The van der Waals surface area contributed by atoms with E-state index < -0.39 is 0 Å². The quantitative estimate of drug-likeness (QED) is 0.610. The molecule has 0 aromatic heterocycles. The Morgan fingerprint density at radius 3 is 2.47 bits per heavy atom. The average molecular weight is 236 g/mol. The molecule has 4 aliphatic rings. The minimum atomic E-state index is 0.163. The molecule has 2 aliphatic carbocycles. The molecule has 6 unspecified atom stereocenters. The molecule has 2 saturated heterocycles. The summed E-state index contributed by atoms with van der Waals surface area (Å²) >= 11 is 0. The molecule has 2 heterocycles. The van der Waals surface area contributed by atoms with Crippen molar-refractivity contribution in [3.05, 3.63) is 0 Å². The first-order valence-electron chi connectivity index (χ1n) is 7.50. The van der Waals surface area contributed by atoms with Crippen LogP contribution in [0.3, 0.4) is 0 Å². The van der Waals surface area contributed by atoms with E-state index in [2.05, 4.69) is 34.6 Å². The van der Waals surface area contributed by atoms with Crippen molar-refractivity contribution in [2.24, 2.45) is 29.1 Å². The van der Waals surface area contributed by atoms with Crippen LogP contribution in [0, 0.1) is 29.1 Å². The van der Waals surface area contributed by atoms with Crippen LogP contribution >= 0.6 is 0 Å². The van der Waals surface area contributed by atoms with Crippen LogP contribution in [0.5, 0.6) is 0 Å². The summed E-state index contributed by atoms with van der Waals surface area (Å²) in [7, 11) is 0. The normalized spacial score (nSPS) is 56.6. The van der Waals surface area contributed by atoms with E-state index in [1.165, 1.54) is 25.7 Å². The second kappa shape index (κ2) is 3.50. The number of rotatable bonds is 0. The summed E-state index contributed by atoms with van der Waals surface area (Å²) in [5.41, 5.74) is 0.695. The fourth-order valence-corrected chi connectivity index (χ4v) is 5.49. The molecule has 17 heavy (non-hydrogen) atoms. The fraction of sp³-hybridized carbons (Fsp3) is 1.00. The SMILES string of the molecule is CC1CC2(C)CC3C(C(C)O2)C1CCC3(C)C. The third kappa shape index (κ3) is 1.69. The van der Waals surface area contributed by atoms with Gasteiger partial charge in [-0.3, -0.25) is 0 Å². The van der Waals surface area contributed by atoms with Gasteiger partial charge in [0.25, 0.3) is 0 Å². The fourth-order valence-electron chi connectivity index (χ4n) is 5.49. The molecule has 0 amide bonds. The van der Waals surface area contributed by atoms with Gasteiger partial charge in [0.15, 0.2) is 0 Å². The average Bonchev–Trinajstić information content (AvgIpc) is 2.32. The Hall–Kier alpha value is -0.0400. The predicted molar refractivity (Wildman–Crippen MR) is 70.8 cm³/mol. The minimum absolute atomic E-state index is 0.163. The summed E-state index contributed by atoms with van der Waals surface area (Å²) < 4.78 is 6.40. The largest absolute Gasteiger partial charge is 0.372 e. The molecule has 0 spiro atoms. The highest BCUT2D eigenvalue weighted by molar-refractivity contribution is 5.06. The molecule has 4 fully saturated rings. The zero-order valence-electron chi connectivity index (χ0n) is 12.1. The molecule has 2 aliphatic heterocycles. The van der Waals surface area contributed by atoms with E-state index in [9.17, 15) is 0 Å². The lowest BCUT2D eigenvalue weighted by Crippen LogP contribution is -2.52. The summed E-state index contributed by atoms with van der Waals surface area (Å²) in [6, 6.07) is 0. The second-order valence-corrected chi connectivity index (χ2v) is 8.03. The van der Waals surface area contributed by atoms with Crippen molar-refractivity contribution in [1.82, 2.24) is 0 Å². The van der Waals surface area contributed by atoms with Crippen LogP contribution in [0.15, 0.2) is 0 Å². The van der Waals surface area contributed by atoms with Crippen LogP contribution in [0.4, 0.5) is 0 Å². The lowest BCUT2D eigenvalue weighted by molar-refractivity contribution is -0.183. The first-order chi connectivity index (χ1) is 7.82. The molecule has 2 saturated carbocycles. The van der Waals surface area contributed by atoms with E-state index >= 15 is 0 Å². The van der Waals surface area contributed by atoms with Crippen LogP contribution in [-0.2, 0) is 4.74 Å². The molecule has 0 N–H and O–H groups in total. The van der Waals surface area contributed by atoms with Gasteiger partial charge >= 0.3 is 0 Å². The van der Waals surface area contributed by atoms with Gasteiger partial charge in [0, 0.05) is 0 Å². The van der Waals surface area contributed by atoms with Gasteiger partial charge < -0.3 is 4.74 Å². The Labute approximate surface area is 106 Å². The van der Waals surface area contributed by atoms with E-state index in [0.29, 0.717) is 11.5 Å². The number of hydrogen-bond acceptors (Lipinski definition) is 1. The Balaban J connectivity index is 2.04. The van der Waals surface area contributed by atoms with E-state index in [0.717, 1.165) is 23.7 Å². The Kier molecular flexibility index (Phi) is 2.47. The van der Waals surface area contributed by atoms with Gasteiger partial charge in [0.1, 0.15) is 0 Å². The number of ether oxygens (including phenoxy) is 1. The summed E-state index contributed by atoms with van der Waals surface area (Å²) in [6.07, 6.45) is 5.92. The van der Waals surface area contributed by atoms with E-state index in [1.54, 1.807) is 0 Å². The third-order valence-corrected chi connectivity index (χ3v) is 6.23. The molecular formula is C16H28O. The summed E-state index contributed by atoms with van der Waals surface area (Å²) in [6.45, 7) is 12.2. The lowest BCUT2D eigenvalue weighted by Gasteiger charge is -2.54. The smallest absolute Gasteiger partial charge is 0.0663 e. The van der Waals surface area contributed by atoms with Crippen LogP contribution in [0.25, 0.3) is 0 Å². The molecule has 0 aromatic carbocycles. The maximum Gasteiger partial charge on any atom is 0.0663 e. The maximum absolute atomic E-state index is 6.40. The molecule has 6 atom stereocenters. The maximum atomic E-state index is 6.40. The second-order valence-electron chi connectivity index (χ2n) is 8.03. The number of hydrogen-bond donors (Lipinski definition) is 0. The molecule has 98 valence electrons. The molecular weight excluding hydrogens is 208 g/mol. The van der Waals surface area contributed by atoms with Gasteiger partial charge in [0.2, 0.25) is 0 Å². The minimum Gasteiger partial charge on any atom is -0.372 e. The van der Waals surface area contributed by atoms with Crippen molar-refractivity contribution >= 4 is 0 Å². The van der Waals surface area contributed by atoms with E-state index in [1.807, 2.05) is 0 Å². The van der Waals surface area contributed by atoms with Gasteiger partial charge in [-0.05, 0) is 68.6 Å². The summed E-state index contributed by atoms with van der Waals surface area (Å²) in [5, 5.41) is 0. The zero-order valence-corrected chi connectivity index (χ0v) is 12.1. The molecule has 4 bridgehead atoms. The molecule has 0 aromatic rings. The van der Waals surface area contributed by atoms with Crippen LogP contribution in [0.1, 0.15) is 60.3 Å². The molecule has 1 nitrogen and oxygen atoms in total. The highest BCUT2D eigenvalue weighted by atomic mass is 16.5. The number of fused-ring (bicyclic) bond motifs is 2. The lowest BCUT2D eigenvalue weighted by atomic mass is 9.55. The van der Waals surface area contributed by atoms with Crippen molar-refractivity contribution < 1.29 is 4.74 Å². The van der Waals surface area contributed by atoms with Gasteiger partial charge in [-0.2, -0.15) is 0 Å². The monoisotopic (exact) mass is 236 g/mol. The predicted octanol–water partition coefficient (Wildman–Crippen LogP) is 4.26. The highest BCUT2D eigenvalue weighted by Gasteiger charge is 2.57. The van der Waals surface area contributed by atoms with Crippen molar-refractivity contribution in [2.45, 2.75) is 72.0 Å². The molecule has 4 rings (SSSR count). The van der Waals surface area contributed by atoms with Gasteiger partial charge in [-0.1, -0.05) is 20.8 Å². The van der Waals surface area contributed by atoms with Crippen molar-refractivity contribution in [3.63, 3.8) is 0 Å². The van der Waals surface area contributed by atoms with Crippen LogP contribution in [-0.4, -0.2) is 11.7 Å². The van der Waals surface area contributed by atoms with Crippen molar-refractivity contribution in [3.8, 4) is 0 Å².